The van der Waals surface area contributed by atoms with Gasteiger partial charge in [0, 0.05) is 18.4 Å². The maximum atomic E-state index is 11.5. The van der Waals surface area contributed by atoms with Gasteiger partial charge in [-0.05, 0) is 51.1 Å². The summed E-state index contributed by atoms with van der Waals surface area (Å²) in [4.78, 5) is 13.8. The summed E-state index contributed by atoms with van der Waals surface area (Å²) in [7, 11) is 5.93. The van der Waals surface area contributed by atoms with Crippen molar-refractivity contribution in [3.05, 3.63) is 29.8 Å². The van der Waals surface area contributed by atoms with E-state index in [0.717, 1.165) is 25.0 Å². The molecule has 104 valence electrons. The van der Waals surface area contributed by atoms with Crippen molar-refractivity contribution in [3.8, 4) is 5.75 Å². The predicted octanol–water partition coefficient (Wildman–Crippen LogP) is 2.68. The van der Waals surface area contributed by atoms with Gasteiger partial charge in [-0.3, -0.25) is 4.79 Å². The molecule has 0 N–H and O–H groups in total. The van der Waals surface area contributed by atoms with Crippen molar-refractivity contribution in [1.82, 2.24) is 4.90 Å². The quantitative estimate of drug-likeness (QED) is 0.834. The first-order valence-corrected chi connectivity index (χ1v) is 6.88. The van der Waals surface area contributed by atoms with Gasteiger partial charge < -0.3 is 9.64 Å². The second kappa shape index (κ2) is 5.74. The van der Waals surface area contributed by atoms with Crippen LogP contribution in [0.1, 0.15) is 31.2 Å². The van der Waals surface area contributed by atoms with Gasteiger partial charge in [-0.1, -0.05) is 12.1 Å². The lowest BCUT2D eigenvalue weighted by Gasteiger charge is -2.43. The van der Waals surface area contributed by atoms with Gasteiger partial charge in [0.15, 0.2) is 0 Å². The summed E-state index contributed by atoms with van der Waals surface area (Å²) in [5.41, 5.74) is 1.44. The van der Waals surface area contributed by atoms with Crippen molar-refractivity contribution in [1.29, 1.82) is 0 Å². The number of Topliss-reactive ketones (excluding diaryl/α,β-unsaturated/α-hetero) is 1. The first-order valence-electron chi connectivity index (χ1n) is 6.88. The van der Waals surface area contributed by atoms with Crippen molar-refractivity contribution in [2.24, 2.45) is 0 Å². The number of nitrogens with zero attached hydrogens (tertiary/aromatic N) is 1. The normalized spacial score (nSPS) is 18.6. The number of ether oxygens (including phenoxy) is 1. The van der Waals surface area contributed by atoms with Gasteiger partial charge in [-0.2, -0.15) is 0 Å². The van der Waals surface area contributed by atoms with Gasteiger partial charge in [-0.25, -0.2) is 0 Å². The highest BCUT2D eigenvalue weighted by molar-refractivity contribution is 5.79. The van der Waals surface area contributed by atoms with Crippen molar-refractivity contribution in [2.75, 3.05) is 21.2 Å². The SMILES string of the molecule is COc1ccc(CC2(N(C)C)CCC(=O)CC2)cc1. The molecule has 0 unspecified atom stereocenters. The summed E-state index contributed by atoms with van der Waals surface area (Å²) in [6, 6.07) is 8.26. The fraction of sp³-hybridized carbons (Fsp3) is 0.562. The minimum atomic E-state index is 0.127. The third-order valence-corrected chi connectivity index (χ3v) is 4.38. The molecule has 3 nitrogen and oxygen atoms in total. The molecule has 2 rings (SSSR count). The Hall–Kier alpha value is -1.35. The van der Waals surface area contributed by atoms with Crippen LogP contribution in [0.25, 0.3) is 0 Å². The van der Waals surface area contributed by atoms with Crippen LogP contribution in [0.5, 0.6) is 5.75 Å². The number of hydrogen-bond donors (Lipinski definition) is 0. The molecule has 0 aromatic heterocycles. The van der Waals surface area contributed by atoms with Crippen LogP contribution in [-0.4, -0.2) is 37.4 Å². The Morgan fingerprint density at radius 3 is 2.21 bits per heavy atom. The standard InChI is InChI=1S/C16H23NO2/c1-17(2)16(10-8-14(18)9-11-16)12-13-4-6-15(19-3)7-5-13/h4-7H,8-12H2,1-3H3. The molecule has 1 aromatic rings. The van der Waals surface area contributed by atoms with Gasteiger partial charge >= 0.3 is 0 Å². The number of carbonyl (C=O) groups is 1. The highest BCUT2D eigenvalue weighted by Gasteiger charge is 2.36. The summed E-state index contributed by atoms with van der Waals surface area (Å²) < 4.78 is 5.19. The molecule has 3 heteroatoms. The van der Waals surface area contributed by atoms with Gasteiger partial charge in [0.1, 0.15) is 11.5 Å². The zero-order valence-electron chi connectivity index (χ0n) is 12.1. The number of likely N-dealkylation sites (N-methyl/N-ethyl adjacent to an activating group) is 1. The molecule has 1 fully saturated rings. The number of carbonyl (C=O) groups excluding carboxylic acids is 1. The molecule has 1 saturated carbocycles. The number of rotatable bonds is 4. The molecule has 0 radical (unpaired) electrons. The molecule has 0 aliphatic heterocycles. The highest BCUT2D eigenvalue weighted by Crippen LogP contribution is 2.34. The summed E-state index contributed by atoms with van der Waals surface area (Å²) in [6.45, 7) is 0. The topological polar surface area (TPSA) is 29.5 Å². The summed E-state index contributed by atoms with van der Waals surface area (Å²) in [6.07, 6.45) is 4.36. The van der Waals surface area contributed by atoms with Crippen LogP contribution >= 0.6 is 0 Å². The van der Waals surface area contributed by atoms with Crippen molar-refractivity contribution < 1.29 is 9.53 Å². The first kappa shape index (κ1) is 14.1. The van der Waals surface area contributed by atoms with Gasteiger partial charge in [0.05, 0.1) is 7.11 Å². The molecular formula is C16H23NO2. The van der Waals surface area contributed by atoms with Crippen LogP contribution in [-0.2, 0) is 11.2 Å². The molecule has 0 amide bonds. The molecule has 0 spiro atoms. The fourth-order valence-corrected chi connectivity index (χ4v) is 2.90. The zero-order valence-corrected chi connectivity index (χ0v) is 12.1. The van der Waals surface area contributed by atoms with E-state index < -0.39 is 0 Å². The van der Waals surface area contributed by atoms with Crippen molar-refractivity contribution in [2.45, 2.75) is 37.6 Å². The van der Waals surface area contributed by atoms with Crippen LogP contribution in [0.3, 0.4) is 0 Å². The van der Waals surface area contributed by atoms with Crippen molar-refractivity contribution in [3.63, 3.8) is 0 Å². The molecule has 0 saturated heterocycles. The smallest absolute Gasteiger partial charge is 0.133 e. The number of ketones is 1. The Labute approximate surface area is 115 Å². The average molecular weight is 261 g/mol. The summed E-state index contributed by atoms with van der Waals surface area (Å²) >= 11 is 0. The van der Waals surface area contributed by atoms with E-state index in [1.807, 2.05) is 12.1 Å². The Balaban J connectivity index is 2.14. The van der Waals surface area contributed by atoms with Crippen LogP contribution in [0, 0.1) is 0 Å². The van der Waals surface area contributed by atoms with E-state index in [1.54, 1.807) is 7.11 Å². The fourth-order valence-electron chi connectivity index (χ4n) is 2.90. The van der Waals surface area contributed by atoms with E-state index in [4.69, 9.17) is 4.74 Å². The van der Waals surface area contributed by atoms with E-state index >= 15 is 0 Å². The third-order valence-electron chi connectivity index (χ3n) is 4.38. The second-order valence-electron chi connectivity index (χ2n) is 5.68. The first-order chi connectivity index (χ1) is 9.05. The predicted molar refractivity (Wildman–Crippen MR) is 76.6 cm³/mol. The van der Waals surface area contributed by atoms with Crippen LogP contribution in [0.4, 0.5) is 0 Å². The van der Waals surface area contributed by atoms with Crippen molar-refractivity contribution >= 4 is 5.78 Å². The molecular weight excluding hydrogens is 238 g/mol. The van der Waals surface area contributed by atoms with E-state index in [0.29, 0.717) is 18.6 Å². The van der Waals surface area contributed by atoms with E-state index in [-0.39, 0.29) is 5.54 Å². The van der Waals surface area contributed by atoms with E-state index in [9.17, 15) is 4.79 Å². The number of methoxy groups -OCH3 is 1. The summed E-state index contributed by atoms with van der Waals surface area (Å²) in [5.74, 6) is 1.30. The molecule has 0 bridgehead atoms. The molecule has 1 aliphatic rings. The van der Waals surface area contributed by atoms with Crippen LogP contribution < -0.4 is 4.74 Å². The Morgan fingerprint density at radius 1 is 1.16 bits per heavy atom. The molecule has 1 aromatic carbocycles. The third kappa shape index (κ3) is 3.16. The lowest BCUT2D eigenvalue weighted by molar-refractivity contribution is -0.122. The van der Waals surface area contributed by atoms with Crippen LogP contribution in [0.2, 0.25) is 0 Å². The maximum absolute atomic E-state index is 11.5. The molecule has 0 atom stereocenters. The molecule has 19 heavy (non-hydrogen) atoms. The average Bonchev–Trinajstić information content (AvgIpc) is 2.42. The molecule has 0 heterocycles. The van der Waals surface area contributed by atoms with E-state index in [1.165, 1.54) is 5.56 Å². The number of hydrogen-bond acceptors (Lipinski definition) is 3. The largest absolute Gasteiger partial charge is 0.497 e. The lowest BCUT2D eigenvalue weighted by Crippen LogP contribution is -2.48. The maximum Gasteiger partial charge on any atom is 0.133 e. The number of benzene rings is 1. The lowest BCUT2D eigenvalue weighted by atomic mass is 9.76. The van der Waals surface area contributed by atoms with Gasteiger partial charge in [-0.15, -0.1) is 0 Å². The monoisotopic (exact) mass is 261 g/mol. The van der Waals surface area contributed by atoms with Gasteiger partial charge in [0.2, 0.25) is 0 Å². The Bertz CT molecular complexity index is 427. The van der Waals surface area contributed by atoms with Gasteiger partial charge in [0.25, 0.3) is 0 Å². The van der Waals surface area contributed by atoms with E-state index in [2.05, 4.69) is 31.1 Å². The Morgan fingerprint density at radius 2 is 1.74 bits per heavy atom. The highest BCUT2D eigenvalue weighted by atomic mass is 16.5. The Kier molecular flexibility index (Phi) is 4.25. The van der Waals surface area contributed by atoms with Crippen LogP contribution in [0.15, 0.2) is 24.3 Å². The summed E-state index contributed by atoms with van der Waals surface area (Å²) in [5, 5.41) is 0. The molecule has 1 aliphatic carbocycles. The minimum absolute atomic E-state index is 0.127. The minimum Gasteiger partial charge on any atom is -0.497 e. The zero-order chi connectivity index (χ0) is 13.9. The second-order valence-corrected chi connectivity index (χ2v) is 5.68.